The van der Waals surface area contributed by atoms with E-state index in [1.54, 1.807) is 18.9 Å². The molecular weight excluding hydrogens is 803 g/mol. The average Bonchev–Trinajstić information content (AvgIpc) is 3.86. The molecule has 2 aromatic heterocycles. The molecule has 3 amide bonds. The van der Waals surface area contributed by atoms with Gasteiger partial charge in [-0.1, -0.05) is 19.9 Å². The number of likely N-dealkylation sites (N-methyl/N-ethyl adjacent to an activating group) is 1. The summed E-state index contributed by atoms with van der Waals surface area (Å²) in [6.07, 6.45) is 6.72. The Morgan fingerprint density at radius 1 is 1.08 bits per heavy atom. The minimum absolute atomic E-state index is 0.0890. The van der Waals surface area contributed by atoms with Crippen LogP contribution < -0.4 is 15.6 Å². The number of carbonyl (C=O) groups is 3. The van der Waals surface area contributed by atoms with Crippen molar-refractivity contribution in [3.8, 4) is 11.3 Å². The zero-order valence-corrected chi connectivity index (χ0v) is 38.9. The summed E-state index contributed by atoms with van der Waals surface area (Å²) in [5.74, 6) is 0.0580. The predicted molar refractivity (Wildman–Crippen MR) is 246 cm³/mol. The number of carbonyl (C=O) groups excluding carboxylic acids is 3. The summed E-state index contributed by atoms with van der Waals surface area (Å²) >= 11 is 1.65. The number of nitrogens with one attached hydrogen (secondary N) is 2. The molecule has 1 unspecified atom stereocenters. The van der Waals surface area contributed by atoms with E-state index in [1.165, 1.54) is 10.6 Å². The molecule has 3 saturated heterocycles. The summed E-state index contributed by atoms with van der Waals surface area (Å²) in [5.41, 5.74) is 9.21. The maximum atomic E-state index is 14.5. The van der Waals surface area contributed by atoms with Gasteiger partial charge in [-0.25, -0.2) is 15.0 Å². The van der Waals surface area contributed by atoms with Crippen molar-refractivity contribution in [2.24, 2.45) is 10.4 Å². The molecule has 14 nitrogen and oxygen atoms in total. The van der Waals surface area contributed by atoms with Crippen LogP contribution in [0.1, 0.15) is 109 Å². The second-order valence-electron chi connectivity index (χ2n) is 19.2. The number of aryl methyl sites for hydroxylation is 1. The number of piperazine rings is 1. The monoisotopic (exact) mass is 869 g/mol. The second kappa shape index (κ2) is 18.1. The van der Waals surface area contributed by atoms with E-state index in [-0.39, 0.29) is 43.2 Å². The third kappa shape index (κ3) is 8.96. The Balaban J connectivity index is 1.24. The fourth-order valence-electron chi connectivity index (χ4n) is 9.96. The SMILES string of the molecule is CCn1c(-c2cc(N3CCN(C)CC3)cnc2[C@H](C)OC)c2c3cc(ccc31)C1CSC(=N1)C[C@H](NC(=O)N1CCCC[C@@H]1C)C(=O)N1CCC[C@@](C)(N1)C(=O)OCC(C)(C)C2. The van der Waals surface area contributed by atoms with Crippen molar-refractivity contribution in [2.45, 2.75) is 123 Å². The molecule has 5 atom stereocenters. The first kappa shape index (κ1) is 44.4. The number of aromatic nitrogens is 2. The number of urea groups is 1. The molecule has 6 bridgehead atoms. The van der Waals surface area contributed by atoms with Gasteiger partial charge in [0.1, 0.15) is 11.6 Å². The number of aliphatic imine (C=N–C) groups is 1. The number of hydrogen-bond acceptors (Lipinski definition) is 11. The minimum Gasteiger partial charge on any atom is -0.464 e. The molecule has 15 heteroatoms. The summed E-state index contributed by atoms with van der Waals surface area (Å²) in [5, 5.41) is 6.63. The Kier molecular flexibility index (Phi) is 13.0. The molecule has 5 aliphatic heterocycles. The van der Waals surface area contributed by atoms with Gasteiger partial charge in [-0.2, -0.15) is 0 Å². The Labute approximate surface area is 371 Å². The standard InChI is InChI=1S/C47H67N9O5S/c1-9-54-39-15-14-32-23-34(39)36(42(54)35-24-33(27-48-41(35)31(3)60-8)53-21-19-52(7)20-22-53)26-46(4,5)29-61-44(58)47(6)16-12-18-56(51-47)43(57)37(25-40-49-38(32)28-62-40)50-45(59)55-17-11-10-13-30(55)2/h14-15,23-24,27,30-31,37-38,51H,9-13,16-22,25-26,28-29H2,1-8H3,(H,50,59)/t30-,31-,37-,38?,47+/m0/s1. The molecule has 3 fully saturated rings. The molecule has 0 aliphatic carbocycles. The van der Waals surface area contributed by atoms with E-state index < -0.39 is 23.0 Å². The van der Waals surface area contributed by atoms with Crippen LogP contribution >= 0.6 is 11.8 Å². The topological polar surface area (TPSA) is 137 Å². The number of ether oxygens (including phenoxy) is 2. The first-order chi connectivity index (χ1) is 29.7. The van der Waals surface area contributed by atoms with E-state index in [9.17, 15) is 14.4 Å². The molecule has 0 spiro atoms. The number of esters is 1. The lowest BCUT2D eigenvalue weighted by atomic mass is 9.84. The van der Waals surface area contributed by atoms with Crippen molar-refractivity contribution >= 4 is 51.3 Å². The van der Waals surface area contributed by atoms with Gasteiger partial charge in [-0.05, 0) is 103 Å². The van der Waals surface area contributed by atoms with Crippen LogP contribution in [0.15, 0.2) is 35.5 Å². The van der Waals surface area contributed by atoms with E-state index in [4.69, 9.17) is 19.5 Å². The normalized spacial score (nSPS) is 26.9. The number of pyridine rings is 1. The number of amides is 3. The maximum Gasteiger partial charge on any atom is 0.327 e. The predicted octanol–water partition coefficient (Wildman–Crippen LogP) is 6.72. The highest BCUT2D eigenvalue weighted by molar-refractivity contribution is 8.14. The summed E-state index contributed by atoms with van der Waals surface area (Å²) in [6.45, 7) is 18.3. The van der Waals surface area contributed by atoms with Gasteiger partial charge >= 0.3 is 12.0 Å². The van der Waals surface area contributed by atoms with E-state index in [0.717, 1.165) is 102 Å². The lowest BCUT2D eigenvalue weighted by Crippen LogP contribution is -2.66. The van der Waals surface area contributed by atoms with Gasteiger partial charge in [0.25, 0.3) is 5.91 Å². The Bertz CT molecular complexity index is 2200. The lowest BCUT2D eigenvalue weighted by molar-refractivity contribution is -0.162. The number of anilines is 1. The molecule has 0 radical (unpaired) electrons. The molecule has 8 rings (SSSR count). The Hall–Kier alpha value is -4.18. The van der Waals surface area contributed by atoms with Crippen molar-refractivity contribution in [3.05, 3.63) is 47.3 Å². The lowest BCUT2D eigenvalue weighted by Gasteiger charge is -2.41. The van der Waals surface area contributed by atoms with Crippen LogP contribution in [-0.4, -0.2) is 131 Å². The summed E-state index contributed by atoms with van der Waals surface area (Å²) < 4.78 is 14.7. The highest BCUT2D eigenvalue weighted by Gasteiger charge is 2.44. The molecule has 5 aliphatic rings. The number of cyclic esters (lactones) is 1. The van der Waals surface area contributed by atoms with E-state index in [2.05, 4.69) is 91.0 Å². The number of thioether (sulfide) groups is 1. The van der Waals surface area contributed by atoms with E-state index in [1.807, 2.05) is 18.0 Å². The molecule has 62 heavy (non-hydrogen) atoms. The van der Waals surface area contributed by atoms with Crippen molar-refractivity contribution in [3.63, 3.8) is 0 Å². The quantitative estimate of drug-likeness (QED) is 0.257. The maximum absolute atomic E-state index is 14.5. The van der Waals surface area contributed by atoms with Crippen LogP contribution in [0.2, 0.25) is 0 Å². The number of hydrazine groups is 1. The van der Waals surface area contributed by atoms with Gasteiger partial charge in [0, 0.05) is 93.0 Å². The summed E-state index contributed by atoms with van der Waals surface area (Å²) in [4.78, 5) is 59.6. The van der Waals surface area contributed by atoms with E-state index in [0.29, 0.717) is 32.4 Å². The summed E-state index contributed by atoms with van der Waals surface area (Å²) in [7, 11) is 3.91. The molecular formula is C47H67N9O5S. The van der Waals surface area contributed by atoms with Gasteiger partial charge in [0.2, 0.25) is 0 Å². The number of benzene rings is 1. The molecule has 7 heterocycles. The van der Waals surface area contributed by atoms with Crippen LogP contribution in [-0.2, 0) is 32.0 Å². The molecule has 3 aromatic rings. The zero-order chi connectivity index (χ0) is 43.9. The number of hydrogen-bond donors (Lipinski definition) is 2. The number of likely N-dealkylation sites (tertiary alicyclic amines) is 1. The minimum atomic E-state index is -1.13. The third-order valence-corrected chi connectivity index (χ3v) is 14.9. The van der Waals surface area contributed by atoms with Crippen molar-refractivity contribution in [1.29, 1.82) is 0 Å². The first-order valence-corrected chi connectivity index (χ1v) is 23.8. The fourth-order valence-corrected chi connectivity index (χ4v) is 11.1. The smallest absolute Gasteiger partial charge is 0.327 e. The molecule has 0 saturated carbocycles. The number of nitrogens with zero attached hydrogens (tertiary/aromatic N) is 7. The van der Waals surface area contributed by atoms with Crippen LogP contribution in [0.25, 0.3) is 22.2 Å². The fraction of sp³-hybridized carbons (Fsp3) is 0.638. The van der Waals surface area contributed by atoms with Gasteiger partial charge < -0.3 is 34.1 Å². The van der Waals surface area contributed by atoms with Crippen LogP contribution in [0.4, 0.5) is 10.5 Å². The van der Waals surface area contributed by atoms with Crippen LogP contribution in [0.5, 0.6) is 0 Å². The third-order valence-electron chi connectivity index (χ3n) is 13.8. The Morgan fingerprint density at radius 3 is 2.61 bits per heavy atom. The average molecular weight is 870 g/mol. The van der Waals surface area contributed by atoms with Crippen molar-refractivity contribution in [1.82, 2.24) is 35.1 Å². The second-order valence-corrected chi connectivity index (χ2v) is 20.3. The largest absolute Gasteiger partial charge is 0.464 e. The molecule has 336 valence electrons. The van der Waals surface area contributed by atoms with Gasteiger partial charge in [-0.3, -0.25) is 19.8 Å². The van der Waals surface area contributed by atoms with Crippen LogP contribution in [0.3, 0.4) is 0 Å². The highest BCUT2D eigenvalue weighted by atomic mass is 32.2. The number of methoxy groups -OCH3 is 1. The van der Waals surface area contributed by atoms with Crippen LogP contribution in [0, 0.1) is 5.41 Å². The molecule has 1 aromatic carbocycles. The number of piperidine rings is 1. The highest BCUT2D eigenvalue weighted by Crippen LogP contribution is 2.44. The van der Waals surface area contributed by atoms with Crippen molar-refractivity contribution in [2.75, 3.05) is 70.7 Å². The number of rotatable bonds is 6. The zero-order valence-electron chi connectivity index (χ0n) is 38.1. The Morgan fingerprint density at radius 2 is 1.87 bits per heavy atom. The molecule has 2 N–H and O–H groups in total. The van der Waals surface area contributed by atoms with E-state index >= 15 is 0 Å². The van der Waals surface area contributed by atoms with Gasteiger partial charge in [0.05, 0.1) is 47.1 Å². The number of fused-ring (bicyclic) bond motifs is 5. The van der Waals surface area contributed by atoms with Gasteiger partial charge in [0.15, 0.2) is 0 Å². The first-order valence-electron chi connectivity index (χ1n) is 22.8. The van der Waals surface area contributed by atoms with Crippen molar-refractivity contribution < 1.29 is 23.9 Å². The summed E-state index contributed by atoms with van der Waals surface area (Å²) in [6, 6.07) is 7.92. The van der Waals surface area contributed by atoms with Gasteiger partial charge in [-0.15, -0.1) is 11.8 Å².